The van der Waals surface area contributed by atoms with E-state index in [9.17, 15) is 9.18 Å². The van der Waals surface area contributed by atoms with Gasteiger partial charge in [-0.25, -0.2) is 4.39 Å². The third-order valence-corrected chi connectivity index (χ3v) is 2.98. The van der Waals surface area contributed by atoms with Crippen molar-refractivity contribution in [1.82, 2.24) is 5.32 Å². The number of carbonyl (C=O) groups is 1. The summed E-state index contributed by atoms with van der Waals surface area (Å²) in [7, 11) is 0. The van der Waals surface area contributed by atoms with Crippen molar-refractivity contribution in [2.45, 2.75) is 31.7 Å². The Bertz CT molecular complexity index is 422. The fourth-order valence-corrected chi connectivity index (χ4v) is 2.10. The van der Waals surface area contributed by atoms with E-state index in [1.807, 2.05) is 0 Å². The van der Waals surface area contributed by atoms with Crippen molar-refractivity contribution in [2.24, 2.45) is 0 Å². The van der Waals surface area contributed by atoms with Crippen molar-refractivity contribution in [1.29, 1.82) is 0 Å². The van der Waals surface area contributed by atoms with Crippen LogP contribution in [0.4, 0.5) is 4.39 Å². The molecule has 1 aromatic rings. The first-order chi connectivity index (χ1) is 8.24. The monoisotopic (exact) mass is 233 g/mol. The third-order valence-electron chi connectivity index (χ3n) is 2.98. The van der Waals surface area contributed by atoms with Gasteiger partial charge in [0.15, 0.2) is 0 Å². The van der Waals surface area contributed by atoms with Gasteiger partial charge < -0.3 is 5.32 Å². The summed E-state index contributed by atoms with van der Waals surface area (Å²) < 4.78 is 12.9. The van der Waals surface area contributed by atoms with Crippen LogP contribution in [0.5, 0.6) is 0 Å². The molecular weight excluding hydrogens is 217 g/mol. The molecule has 1 fully saturated rings. The van der Waals surface area contributed by atoms with E-state index < -0.39 is 0 Å². The molecule has 0 heterocycles. The lowest BCUT2D eigenvalue weighted by Crippen LogP contribution is -2.30. The molecule has 0 aromatic heterocycles. The van der Waals surface area contributed by atoms with E-state index in [4.69, 9.17) is 0 Å². The molecule has 0 bridgehead atoms. The second-order valence-corrected chi connectivity index (χ2v) is 4.38. The Hall–Kier alpha value is -1.64. The van der Waals surface area contributed by atoms with Crippen molar-refractivity contribution in [2.75, 3.05) is 0 Å². The van der Waals surface area contributed by atoms with Gasteiger partial charge >= 0.3 is 0 Å². The smallest absolute Gasteiger partial charge is 0.244 e. The highest BCUT2D eigenvalue weighted by atomic mass is 19.1. The van der Waals surface area contributed by atoms with Crippen LogP contribution in [-0.2, 0) is 4.79 Å². The van der Waals surface area contributed by atoms with Gasteiger partial charge in [0.05, 0.1) is 0 Å². The average Bonchev–Trinajstić information content (AvgIpc) is 2.79. The van der Waals surface area contributed by atoms with E-state index in [1.54, 1.807) is 18.2 Å². The summed E-state index contributed by atoms with van der Waals surface area (Å²) in [6, 6.07) is 6.50. The summed E-state index contributed by atoms with van der Waals surface area (Å²) >= 11 is 0. The molecule has 0 spiro atoms. The zero-order valence-corrected chi connectivity index (χ0v) is 9.66. The number of rotatable bonds is 3. The van der Waals surface area contributed by atoms with Gasteiger partial charge in [-0.05, 0) is 36.6 Å². The molecule has 0 aliphatic heterocycles. The van der Waals surface area contributed by atoms with Crippen molar-refractivity contribution < 1.29 is 9.18 Å². The first kappa shape index (κ1) is 11.8. The topological polar surface area (TPSA) is 29.1 Å². The van der Waals surface area contributed by atoms with Crippen molar-refractivity contribution in [3.8, 4) is 0 Å². The Balaban J connectivity index is 1.89. The lowest BCUT2D eigenvalue weighted by molar-refractivity contribution is -0.117. The largest absolute Gasteiger partial charge is 0.350 e. The van der Waals surface area contributed by atoms with Crippen LogP contribution in [0.1, 0.15) is 31.2 Å². The van der Waals surface area contributed by atoms with E-state index in [1.165, 1.54) is 31.1 Å². The van der Waals surface area contributed by atoms with E-state index in [2.05, 4.69) is 5.32 Å². The summed E-state index contributed by atoms with van der Waals surface area (Å²) in [5, 5.41) is 2.94. The first-order valence-corrected chi connectivity index (χ1v) is 5.98. The molecule has 0 saturated heterocycles. The number of carbonyl (C=O) groups excluding carboxylic acids is 1. The fraction of sp³-hybridized carbons (Fsp3) is 0.357. The SMILES string of the molecule is O=C(C=Cc1cccc(F)c1)NC1CCCC1. The molecule has 2 nitrogen and oxygen atoms in total. The minimum Gasteiger partial charge on any atom is -0.350 e. The van der Waals surface area contributed by atoms with Crippen LogP contribution in [0.3, 0.4) is 0 Å². The lowest BCUT2D eigenvalue weighted by Gasteiger charge is -2.08. The molecule has 1 aliphatic rings. The zero-order chi connectivity index (χ0) is 12.1. The molecule has 0 atom stereocenters. The van der Waals surface area contributed by atoms with Gasteiger partial charge in [-0.1, -0.05) is 25.0 Å². The van der Waals surface area contributed by atoms with Crippen molar-refractivity contribution >= 4 is 12.0 Å². The molecule has 1 aliphatic carbocycles. The van der Waals surface area contributed by atoms with Gasteiger partial charge in [-0.2, -0.15) is 0 Å². The van der Waals surface area contributed by atoms with E-state index >= 15 is 0 Å². The van der Waals surface area contributed by atoms with Crippen LogP contribution in [-0.4, -0.2) is 11.9 Å². The maximum Gasteiger partial charge on any atom is 0.244 e. The molecule has 17 heavy (non-hydrogen) atoms. The third kappa shape index (κ3) is 3.70. The maximum absolute atomic E-state index is 12.9. The van der Waals surface area contributed by atoms with Gasteiger partial charge in [-0.15, -0.1) is 0 Å². The second kappa shape index (κ2) is 5.62. The number of hydrogen-bond donors (Lipinski definition) is 1. The Labute approximate surface area is 101 Å². The van der Waals surface area contributed by atoms with Crippen LogP contribution < -0.4 is 5.32 Å². The standard InChI is InChI=1S/C14H16FNO/c15-12-5-3-4-11(10-12)8-9-14(17)16-13-6-1-2-7-13/h3-5,8-10,13H,1-2,6-7H2,(H,16,17). The van der Waals surface area contributed by atoms with Crippen LogP contribution in [0.25, 0.3) is 6.08 Å². The normalized spacial score (nSPS) is 16.5. The molecule has 90 valence electrons. The van der Waals surface area contributed by atoms with Crippen molar-refractivity contribution in [3.05, 3.63) is 41.7 Å². The number of halogens is 1. The van der Waals surface area contributed by atoms with Gasteiger partial charge in [0.1, 0.15) is 5.82 Å². The lowest BCUT2D eigenvalue weighted by atomic mass is 10.2. The second-order valence-electron chi connectivity index (χ2n) is 4.38. The molecule has 3 heteroatoms. The summed E-state index contributed by atoms with van der Waals surface area (Å²) in [4.78, 5) is 11.6. The molecular formula is C14H16FNO. The Morgan fingerprint density at radius 1 is 1.35 bits per heavy atom. The number of benzene rings is 1. The van der Waals surface area contributed by atoms with Crippen LogP contribution in [0.2, 0.25) is 0 Å². The Morgan fingerprint density at radius 2 is 2.12 bits per heavy atom. The van der Waals surface area contributed by atoms with E-state index in [0.29, 0.717) is 11.6 Å². The Morgan fingerprint density at radius 3 is 2.82 bits per heavy atom. The van der Waals surface area contributed by atoms with E-state index in [-0.39, 0.29) is 11.7 Å². The molecule has 2 rings (SSSR count). The summed E-state index contributed by atoms with van der Waals surface area (Å²) in [5.74, 6) is -0.385. The molecule has 1 saturated carbocycles. The van der Waals surface area contributed by atoms with Crippen LogP contribution >= 0.6 is 0 Å². The predicted molar refractivity (Wildman–Crippen MR) is 65.8 cm³/mol. The molecule has 1 aromatic carbocycles. The van der Waals surface area contributed by atoms with Crippen LogP contribution in [0, 0.1) is 5.82 Å². The predicted octanol–water partition coefficient (Wildman–Crippen LogP) is 2.90. The molecule has 1 N–H and O–H groups in total. The highest BCUT2D eigenvalue weighted by molar-refractivity contribution is 5.91. The quantitative estimate of drug-likeness (QED) is 0.799. The first-order valence-electron chi connectivity index (χ1n) is 5.98. The maximum atomic E-state index is 12.9. The highest BCUT2D eigenvalue weighted by Crippen LogP contribution is 2.17. The molecule has 0 unspecified atom stereocenters. The van der Waals surface area contributed by atoms with Gasteiger partial charge in [0.25, 0.3) is 0 Å². The minimum absolute atomic E-state index is 0.0961. The van der Waals surface area contributed by atoms with Gasteiger partial charge in [-0.3, -0.25) is 4.79 Å². The number of hydrogen-bond acceptors (Lipinski definition) is 1. The highest BCUT2D eigenvalue weighted by Gasteiger charge is 2.15. The zero-order valence-electron chi connectivity index (χ0n) is 9.66. The van der Waals surface area contributed by atoms with Crippen LogP contribution in [0.15, 0.2) is 30.3 Å². The van der Waals surface area contributed by atoms with Gasteiger partial charge in [0, 0.05) is 12.1 Å². The molecule has 0 radical (unpaired) electrons. The Kier molecular flexibility index (Phi) is 3.91. The summed E-state index contributed by atoms with van der Waals surface area (Å²) in [6.07, 6.45) is 7.62. The van der Waals surface area contributed by atoms with E-state index in [0.717, 1.165) is 12.8 Å². The number of amides is 1. The summed E-state index contributed by atoms with van der Waals surface area (Å²) in [6.45, 7) is 0. The summed E-state index contributed by atoms with van der Waals surface area (Å²) in [5.41, 5.74) is 0.701. The van der Waals surface area contributed by atoms with Gasteiger partial charge in [0.2, 0.25) is 5.91 Å². The minimum atomic E-state index is -0.289. The average molecular weight is 233 g/mol. The fourth-order valence-electron chi connectivity index (χ4n) is 2.10. The molecule has 1 amide bonds. The number of nitrogens with one attached hydrogen (secondary N) is 1. The van der Waals surface area contributed by atoms with Crippen molar-refractivity contribution in [3.63, 3.8) is 0 Å².